The summed E-state index contributed by atoms with van der Waals surface area (Å²) < 4.78 is 4.50. The smallest absolute Gasteiger partial charge is 0.404 e. The first-order valence-corrected chi connectivity index (χ1v) is 3.92. The lowest BCUT2D eigenvalue weighted by Crippen LogP contribution is -2.18. The Labute approximate surface area is 80.5 Å². The van der Waals surface area contributed by atoms with Crippen molar-refractivity contribution in [1.82, 2.24) is 9.97 Å². The fourth-order valence-corrected chi connectivity index (χ4v) is 0.800. The summed E-state index contributed by atoms with van der Waals surface area (Å²) >= 11 is 0. The molecule has 0 saturated carbocycles. The molecule has 0 aromatic carbocycles. The van der Waals surface area contributed by atoms with Crippen LogP contribution in [0.15, 0.2) is 12.4 Å². The van der Waals surface area contributed by atoms with Crippen LogP contribution in [0, 0.1) is 0 Å². The summed E-state index contributed by atoms with van der Waals surface area (Å²) in [5, 5.41) is 2.88. The number of carbonyl (C=O) groups excluding carboxylic acids is 1. The second-order valence-corrected chi connectivity index (χ2v) is 2.42. The monoisotopic (exact) mass is 197 g/mol. The first-order valence-electron chi connectivity index (χ1n) is 3.92. The molecule has 1 aromatic heterocycles. The van der Waals surface area contributed by atoms with Gasteiger partial charge in [0.1, 0.15) is 24.6 Å². The van der Waals surface area contributed by atoms with Gasteiger partial charge in [-0.2, -0.15) is 0 Å². The predicted molar refractivity (Wildman–Crippen MR) is 50.5 cm³/mol. The zero-order valence-electron chi connectivity index (χ0n) is 7.43. The van der Waals surface area contributed by atoms with E-state index in [0.717, 1.165) is 0 Å². The SMILES string of the molecule is NC(=O)OCCNc1cc(N)ncn1. The van der Waals surface area contributed by atoms with Gasteiger partial charge in [0.25, 0.3) is 0 Å². The highest BCUT2D eigenvalue weighted by Gasteiger charge is 1.96. The number of hydrogen-bond donors (Lipinski definition) is 3. The number of amides is 1. The maximum absolute atomic E-state index is 10.2. The van der Waals surface area contributed by atoms with Gasteiger partial charge in [0.2, 0.25) is 0 Å². The van der Waals surface area contributed by atoms with Gasteiger partial charge in [0.15, 0.2) is 0 Å². The van der Waals surface area contributed by atoms with Crippen LogP contribution in [0.25, 0.3) is 0 Å². The molecular formula is C7H11N5O2. The van der Waals surface area contributed by atoms with Gasteiger partial charge in [-0.05, 0) is 0 Å². The van der Waals surface area contributed by atoms with E-state index < -0.39 is 6.09 Å². The highest BCUT2D eigenvalue weighted by molar-refractivity contribution is 5.64. The average Bonchev–Trinajstić information content (AvgIpc) is 2.12. The molecule has 0 unspecified atom stereocenters. The Morgan fingerprint density at radius 1 is 1.57 bits per heavy atom. The van der Waals surface area contributed by atoms with Gasteiger partial charge in [-0.15, -0.1) is 0 Å². The van der Waals surface area contributed by atoms with Crippen LogP contribution in [0.1, 0.15) is 0 Å². The summed E-state index contributed by atoms with van der Waals surface area (Å²) in [5.41, 5.74) is 10.2. The summed E-state index contributed by atoms with van der Waals surface area (Å²) in [6.07, 6.45) is 0.543. The Bertz CT molecular complexity index is 317. The Hall–Kier alpha value is -2.05. The third kappa shape index (κ3) is 3.57. The lowest BCUT2D eigenvalue weighted by molar-refractivity contribution is 0.161. The molecule has 0 saturated heterocycles. The van der Waals surface area contributed by atoms with Crippen molar-refractivity contribution >= 4 is 17.7 Å². The summed E-state index contributed by atoms with van der Waals surface area (Å²) in [6, 6.07) is 1.57. The van der Waals surface area contributed by atoms with E-state index in [1.54, 1.807) is 6.07 Å². The third-order valence-corrected chi connectivity index (χ3v) is 1.34. The van der Waals surface area contributed by atoms with Crippen molar-refractivity contribution < 1.29 is 9.53 Å². The molecule has 0 aliphatic heterocycles. The van der Waals surface area contributed by atoms with E-state index in [4.69, 9.17) is 11.5 Å². The molecule has 14 heavy (non-hydrogen) atoms. The van der Waals surface area contributed by atoms with Crippen molar-refractivity contribution in [1.29, 1.82) is 0 Å². The van der Waals surface area contributed by atoms with Crippen molar-refractivity contribution in [2.45, 2.75) is 0 Å². The van der Waals surface area contributed by atoms with Crippen molar-refractivity contribution in [2.24, 2.45) is 5.73 Å². The van der Waals surface area contributed by atoms with Crippen molar-refractivity contribution in [2.75, 3.05) is 24.2 Å². The number of ether oxygens (including phenoxy) is 1. The van der Waals surface area contributed by atoms with Crippen LogP contribution in [-0.4, -0.2) is 29.2 Å². The first-order chi connectivity index (χ1) is 6.68. The number of carbonyl (C=O) groups is 1. The lowest BCUT2D eigenvalue weighted by Gasteiger charge is -2.04. The van der Waals surface area contributed by atoms with E-state index in [1.165, 1.54) is 6.33 Å². The lowest BCUT2D eigenvalue weighted by atomic mass is 10.5. The molecule has 1 aromatic rings. The highest BCUT2D eigenvalue weighted by Crippen LogP contribution is 2.03. The topological polar surface area (TPSA) is 116 Å². The summed E-state index contributed by atoms with van der Waals surface area (Å²) in [4.78, 5) is 17.8. The molecule has 1 rings (SSSR count). The number of nitrogen functional groups attached to an aromatic ring is 1. The largest absolute Gasteiger partial charge is 0.448 e. The number of hydrogen-bond acceptors (Lipinski definition) is 6. The molecule has 0 bridgehead atoms. The summed E-state index contributed by atoms with van der Waals surface area (Å²) in [7, 11) is 0. The third-order valence-electron chi connectivity index (χ3n) is 1.34. The number of nitrogens with zero attached hydrogens (tertiary/aromatic N) is 2. The Morgan fingerprint density at radius 2 is 2.36 bits per heavy atom. The van der Waals surface area contributed by atoms with Gasteiger partial charge in [-0.1, -0.05) is 0 Å². The zero-order chi connectivity index (χ0) is 10.4. The number of nitrogens with one attached hydrogen (secondary N) is 1. The quantitative estimate of drug-likeness (QED) is 0.564. The van der Waals surface area contributed by atoms with Crippen LogP contribution in [0.2, 0.25) is 0 Å². The molecule has 0 radical (unpaired) electrons. The highest BCUT2D eigenvalue weighted by atomic mass is 16.5. The summed E-state index contributed by atoms with van der Waals surface area (Å²) in [5.74, 6) is 0.948. The fraction of sp³-hybridized carbons (Fsp3) is 0.286. The maximum Gasteiger partial charge on any atom is 0.404 e. The van der Waals surface area contributed by atoms with E-state index >= 15 is 0 Å². The van der Waals surface area contributed by atoms with E-state index in [-0.39, 0.29) is 6.61 Å². The summed E-state index contributed by atoms with van der Waals surface area (Å²) in [6.45, 7) is 0.596. The van der Waals surface area contributed by atoms with Crippen LogP contribution in [0.3, 0.4) is 0 Å². The molecule has 0 spiro atoms. The molecular weight excluding hydrogens is 186 g/mol. The number of anilines is 2. The van der Waals surface area contributed by atoms with Gasteiger partial charge in [-0.3, -0.25) is 0 Å². The predicted octanol–water partition coefficient (Wildman–Crippen LogP) is -0.434. The van der Waals surface area contributed by atoms with Crippen LogP contribution in [-0.2, 0) is 4.74 Å². The van der Waals surface area contributed by atoms with Crippen LogP contribution >= 0.6 is 0 Å². The molecule has 7 heteroatoms. The average molecular weight is 197 g/mol. The Morgan fingerprint density at radius 3 is 3.00 bits per heavy atom. The number of primary amides is 1. The molecule has 0 atom stereocenters. The van der Waals surface area contributed by atoms with E-state index in [0.29, 0.717) is 18.2 Å². The second kappa shape index (κ2) is 4.85. The molecule has 0 aliphatic rings. The molecule has 7 nitrogen and oxygen atoms in total. The van der Waals surface area contributed by atoms with Crippen LogP contribution in [0.4, 0.5) is 16.4 Å². The standard InChI is InChI=1S/C7H11N5O2/c8-5-3-6(12-4-11-5)10-1-2-14-7(9)13/h3-4H,1-2H2,(H2,9,13)(H3,8,10,11,12). The van der Waals surface area contributed by atoms with Crippen LogP contribution < -0.4 is 16.8 Å². The number of aromatic nitrogens is 2. The van der Waals surface area contributed by atoms with Crippen LogP contribution in [0.5, 0.6) is 0 Å². The minimum Gasteiger partial charge on any atom is -0.448 e. The molecule has 1 amide bonds. The fourth-order valence-electron chi connectivity index (χ4n) is 0.800. The minimum absolute atomic E-state index is 0.180. The van der Waals surface area contributed by atoms with E-state index in [2.05, 4.69) is 20.0 Å². The van der Waals surface area contributed by atoms with Crippen molar-refractivity contribution in [3.8, 4) is 0 Å². The minimum atomic E-state index is -0.797. The molecule has 76 valence electrons. The number of nitrogens with two attached hydrogens (primary N) is 2. The molecule has 5 N–H and O–H groups in total. The molecule has 1 heterocycles. The Balaban J connectivity index is 2.28. The van der Waals surface area contributed by atoms with Gasteiger partial charge in [-0.25, -0.2) is 14.8 Å². The molecule has 0 fully saturated rings. The first kappa shape index (κ1) is 10.0. The van der Waals surface area contributed by atoms with Gasteiger partial charge < -0.3 is 21.5 Å². The van der Waals surface area contributed by atoms with Crippen molar-refractivity contribution in [3.63, 3.8) is 0 Å². The van der Waals surface area contributed by atoms with Gasteiger partial charge in [0.05, 0.1) is 6.54 Å². The normalized spacial score (nSPS) is 9.43. The van der Waals surface area contributed by atoms with E-state index in [9.17, 15) is 4.79 Å². The Kier molecular flexibility index (Phi) is 3.48. The zero-order valence-corrected chi connectivity index (χ0v) is 7.43. The second-order valence-electron chi connectivity index (χ2n) is 2.42. The van der Waals surface area contributed by atoms with Gasteiger partial charge in [0, 0.05) is 6.07 Å². The number of rotatable bonds is 4. The van der Waals surface area contributed by atoms with Crippen molar-refractivity contribution in [3.05, 3.63) is 12.4 Å². The van der Waals surface area contributed by atoms with E-state index in [1.807, 2.05) is 0 Å². The molecule has 0 aliphatic carbocycles. The maximum atomic E-state index is 10.2. The van der Waals surface area contributed by atoms with Gasteiger partial charge >= 0.3 is 6.09 Å².